The van der Waals surface area contributed by atoms with Crippen LogP contribution in [0.25, 0.3) is 6.08 Å². The standard InChI is InChI=1S/C11H13FN2O4S/c1-2-13-19(17,18)14-9-5-3-8(10(12)7-9)4-6-11(15)16/h3-7,13-14H,2H2,1H3,(H,15,16)/b6-4+. The Hall–Kier alpha value is -1.93. The van der Waals surface area contributed by atoms with Crippen LogP contribution < -0.4 is 9.44 Å². The molecule has 0 saturated heterocycles. The molecule has 0 spiro atoms. The lowest BCUT2D eigenvalue weighted by Crippen LogP contribution is -2.29. The second-order valence-electron chi connectivity index (χ2n) is 3.51. The third-order valence-corrected chi connectivity index (χ3v) is 3.17. The first-order valence-corrected chi connectivity index (χ1v) is 6.80. The Kier molecular flexibility index (Phi) is 5.02. The van der Waals surface area contributed by atoms with Gasteiger partial charge < -0.3 is 5.11 Å². The van der Waals surface area contributed by atoms with Gasteiger partial charge in [0.05, 0.1) is 5.69 Å². The van der Waals surface area contributed by atoms with E-state index in [4.69, 9.17) is 5.11 Å². The molecule has 0 radical (unpaired) electrons. The van der Waals surface area contributed by atoms with Gasteiger partial charge in [-0.25, -0.2) is 9.18 Å². The summed E-state index contributed by atoms with van der Waals surface area (Å²) < 4.78 is 40.6. The van der Waals surface area contributed by atoms with Crippen molar-refractivity contribution in [1.82, 2.24) is 4.72 Å². The number of halogens is 1. The van der Waals surface area contributed by atoms with Gasteiger partial charge in [0.2, 0.25) is 0 Å². The highest BCUT2D eigenvalue weighted by Crippen LogP contribution is 2.16. The van der Waals surface area contributed by atoms with Gasteiger partial charge >= 0.3 is 5.97 Å². The number of rotatable bonds is 6. The molecule has 0 saturated carbocycles. The number of benzene rings is 1. The first-order chi connectivity index (χ1) is 8.84. The van der Waals surface area contributed by atoms with E-state index in [1.807, 2.05) is 0 Å². The molecule has 0 aliphatic rings. The molecule has 6 nitrogen and oxygen atoms in total. The summed E-state index contributed by atoms with van der Waals surface area (Å²) >= 11 is 0. The van der Waals surface area contributed by atoms with E-state index in [0.717, 1.165) is 18.2 Å². The molecule has 0 aliphatic carbocycles. The van der Waals surface area contributed by atoms with Crippen molar-refractivity contribution in [1.29, 1.82) is 0 Å². The zero-order chi connectivity index (χ0) is 14.5. The zero-order valence-corrected chi connectivity index (χ0v) is 10.9. The Morgan fingerprint density at radius 1 is 1.47 bits per heavy atom. The van der Waals surface area contributed by atoms with Gasteiger partial charge in [-0.1, -0.05) is 6.92 Å². The number of carboxylic acid groups (broad SMARTS) is 1. The molecule has 0 unspecified atom stereocenters. The van der Waals surface area contributed by atoms with E-state index >= 15 is 0 Å². The summed E-state index contributed by atoms with van der Waals surface area (Å²) in [6, 6.07) is 3.58. The van der Waals surface area contributed by atoms with E-state index in [0.29, 0.717) is 0 Å². The van der Waals surface area contributed by atoms with E-state index in [2.05, 4.69) is 9.44 Å². The third kappa shape index (κ3) is 5.06. The molecular formula is C11H13FN2O4S. The van der Waals surface area contributed by atoms with Crippen LogP contribution in [0.5, 0.6) is 0 Å². The van der Waals surface area contributed by atoms with Gasteiger partial charge in [-0.05, 0) is 24.3 Å². The second kappa shape index (κ2) is 6.30. The summed E-state index contributed by atoms with van der Waals surface area (Å²) in [4.78, 5) is 10.3. The maximum absolute atomic E-state index is 13.6. The fourth-order valence-corrected chi connectivity index (χ4v) is 2.16. The van der Waals surface area contributed by atoms with Crippen molar-refractivity contribution in [2.24, 2.45) is 0 Å². The summed E-state index contributed by atoms with van der Waals surface area (Å²) in [5, 5.41) is 8.42. The predicted molar refractivity (Wildman–Crippen MR) is 69.3 cm³/mol. The number of hydrogen-bond acceptors (Lipinski definition) is 3. The van der Waals surface area contributed by atoms with Crippen LogP contribution in [0.1, 0.15) is 12.5 Å². The largest absolute Gasteiger partial charge is 0.478 e. The molecule has 1 aromatic carbocycles. The van der Waals surface area contributed by atoms with Crippen molar-refractivity contribution < 1.29 is 22.7 Å². The maximum Gasteiger partial charge on any atom is 0.328 e. The highest BCUT2D eigenvalue weighted by atomic mass is 32.2. The van der Waals surface area contributed by atoms with Crippen molar-refractivity contribution >= 4 is 27.9 Å². The minimum Gasteiger partial charge on any atom is -0.478 e. The van der Waals surface area contributed by atoms with Crippen molar-refractivity contribution in [2.75, 3.05) is 11.3 Å². The van der Waals surface area contributed by atoms with Crippen LogP contribution in [0.2, 0.25) is 0 Å². The van der Waals surface area contributed by atoms with Gasteiger partial charge in [0.15, 0.2) is 0 Å². The van der Waals surface area contributed by atoms with Crippen LogP contribution in [-0.2, 0) is 15.0 Å². The Bertz CT molecular complexity index is 599. The fraction of sp³-hybridized carbons (Fsp3) is 0.182. The maximum atomic E-state index is 13.6. The van der Waals surface area contributed by atoms with Gasteiger partial charge in [0.1, 0.15) is 5.82 Å². The van der Waals surface area contributed by atoms with Crippen LogP contribution in [0.15, 0.2) is 24.3 Å². The smallest absolute Gasteiger partial charge is 0.328 e. The average Bonchev–Trinajstić information content (AvgIpc) is 2.26. The number of carbonyl (C=O) groups is 1. The van der Waals surface area contributed by atoms with E-state index < -0.39 is 22.0 Å². The summed E-state index contributed by atoms with van der Waals surface area (Å²) in [7, 11) is -3.72. The van der Waals surface area contributed by atoms with E-state index in [1.165, 1.54) is 12.1 Å². The quantitative estimate of drug-likeness (QED) is 0.685. The Labute approximate surface area is 110 Å². The molecular weight excluding hydrogens is 275 g/mol. The molecule has 19 heavy (non-hydrogen) atoms. The molecule has 0 aromatic heterocycles. The molecule has 104 valence electrons. The molecule has 0 atom stereocenters. The lowest BCUT2D eigenvalue weighted by atomic mass is 10.2. The van der Waals surface area contributed by atoms with E-state index in [1.54, 1.807) is 6.92 Å². The van der Waals surface area contributed by atoms with Gasteiger partial charge in [0.25, 0.3) is 10.2 Å². The summed E-state index contributed by atoms with van der Waals surface area (Å²) in [6.07, 6.45) is 1.88. The van der Waals surface area contributed by atoms with E-state index in [-0.39, 0.29) is 17.8 Å². The molecule has 0 fully saturated rings. The van der Waals surface area contributed by atoms with Crippen LogP contribution >= 0.6 is 0 Å². The number of nitrogens with one attached hydrogen (secondary N) is 2. The predicted octanol–water partition coefficient (Wildman–Crippen LogP) is 1.19. The molecule has 0 heterocycles. The minimum atomic E-state index is -3.72. The number of anilines is 1. The van der Waals surface area contributed by atoms with Crippen molar-refractivity contribution in [3.63, 3.8) is 0 Å². The Balaban J connectivity index is 2.91. The second-order valence-corrected chi connectivity index (χ2v) is 5.01. The van der Waals surface area contributed by atoms with Crippen LogP contribution in [0.3, 0.4) is 0 Å². The topological polar surface area (TPSA) is 95.5 Å². The summed E-state index contributed by atoms with van der Waals surface area (Å²) in [5.74, 6) is -1.93. The van der Waals surface area contributed by atoms with Gasteiger partial charge in [-0.3, -0.25) is 4.72 Å². The summed E-state index contributed by atoms with van der Waals surface area (Å²) in [6.45, 7) is 1.82. The monoisotopic (exact) mass is 288 g/mol. The van der Waals surface area contributed by atoms with Gasteiger partial charge in [0, 0.05) is 18.2 Å². The fourth-order valence-electron chi connectivity index (χ4n) is 1.27. The van der Waals surface area contributed by atoms with Crippen LogP contribution in [-0.4, -0.2) is 26.0 Å². The SMILES string of the molecule is CCNS(=O)(=O)Nc1ccc(/C=C/C(=O)O)c(F)c1. The normalized spacial score (nSPS) is 11.7. The first-order valence-electron chi connectivity index (χ1n) is 5.32. The highest BCUT2D eigenvalue weighted by molar-refractivity contribution is 7.90. The van der Waals surface area contributed by atoms with E-state index in [9.17, 15) is 17.6 Å². The van der Waals surface area contributed by atoms with Crippen LogP contribution in [0.4, 0.5) is 10.1 Å². The first kappa shape index (κ1) is 15.1. The molecule has 8 heteroatoms. The number of hydrogen-bond donors (Lipinski definition) is 3. The molecule has 0 aliphatic heterocycles. The zero-order valence-electron chi connectivity index (χ0n) is 10.1. The Morgan fingerprint density at radius 2 is 2.16 bits per heavy atom. The van der Waals surface area contributed by atoms with Crippen molar-refractivity contribution in [3.8, 4) is 0 Å². The molecule has 1 rings (SSSR count). The van der Waals surface area contributed by atoms with Crippen molar-refractivity contribution in [2.45, 2.75) is 6.92 Å². The summed E-state index contributed by atoms with van der Waals surface area (Å²) in [5.41, 5.74) is 0.0970. The third-order valence-electron chi connectivity index (χ3n) is 1.99. The lowest BCUT2D eigenvalue weighted by molar-refractivity contribution is -0.131. The number of aliphatic carboxylic acids is 1. The highest BCUT2D eigenvalue weighted by Gasteiger charge is 2.09. The Morgan fingerprint density at radius 3 is 2.68 bits per heavy atom. The lowest BCUT2D eigenvalue weighted by Gasteiger charge is -2.08. The van der Waals surface area contributed by atoms with Crippen LogP contribution in [0, 0.1) is 5.82 Å². The van der Waals surface area contributed by atoms with Crippen molar-refractivity contribution in [3.05, 3.63) is 35.7 Å². The molecule has 3 N–H and O–H groups in total. The molecule has 0 bridgehead atoms. The molecule has 0 amide bonds. The minimum absolute atomic E-state index is 0.0472. The van der Waals surface area contributed by atoms with Gasteiger partial charge in [-0.2, -0.15) is 13.1 Å². The van der Waals surface area contributed by atoms with Gasteiger partial charge in [-0.15, -0.1) is 0 Å². The number of carboxylic acids is 1. The molecule has 1 aromatic rings. The average molecular weight is 288 g/mol.